The molecule has 1 aliphatic rings. The first-order valence-electron chi connectivity index (χ1n) is 24.8. The number of nitrogens with zero attached hydrogens (tertiary/aromatic N) is 7. The largest absolute Gasteiger partial charge is 0.300 e. The average molecular weight is 938 g/mol. The van der Waals surface area contributed by atoms with Crippen LogP contribution in [0.1, 0.15) is 17.5 Å². The van der Waals surface area contributed by atoms with Crippen molar-refractivity contribution in [2.75, 3.05) is 0 Å². The predicted molar refractivity (Wildman–Crippen MR) is 295 cm³/mol. The van der Waals surface area contributed by atoms with Crippen molar-refractivity contribution >= 4 is 0 Å². The van der Waals surface area contributed by atoms with E-state index in [1.807, 2.05) is 73.6 Å². The molecular formula is C66H47N7. The van der Waals surface area contributed by atoms with Gasteiger partial charge in [-0.2, -0.15) is 0 Å². The highest BCUT2D eigenvalue weighted by molar-refractivity contribution is 5.95. The van der Waals surface area contributed by atoms with Crippen molar-refractivity contribution in [1.82, 2.24) is 34.1 Å². The van der Waals surface area contributed by atoms with Gasteiger partial charge < -0.3 is 0 Å². The molecule has 0 saturated carbocycles. The summed E-state index contributed by atoms with van der Waals surface area (Å²) in [6.07, 6.45) is 16.9. The number of hydrogen-bond donors (Lipinski definition) is 0. The van der Waals surface area contributed by atoms with Crippen LogP contribution in [-0.4, -0.2) is 34.1 Å². The van der Waals surface area contributed by atoms with Crippen molar-refractivity contribution in [2.45, 2.75) is 19.3 Å². The quantitative estimate of drug-likeness (QED) is 0.129. The van der Waals surface area contributed by atoms with Gasteiger partial charge in [0, 0.05) is 82.6 Å². The summed E-state index contributed by atoms with van der Waals surface area (Å²) < 4.78 is 4.31. The molecule has 0 unspecified atom stereocenters. The van der Waals surface area contributed by atoms with Crippen LogP contribution in [0.2, 0.25) is 0 Å². The third kappa shape index (κ3) is 8.53. The van der Waals surface area contributed by atoms with Crippen LogP contribution >= 0.6 is 0 Å². The summed E-state index contributed by atoms with van der Waals surface area (Å²) in [5, 5.41) is 0. The molecule has 0 radical (unpaired) electrons. The van der Waals surface area contributed by atoms with Gasteiger partial charge in [-0.25, -0.2) is 9.97 Å². The summed E-state index contributed by atoms with van der Waals surface area (Å²) in [4.78, 5) is 24.3. The van der Waals surface area contributed by atoms with Gasteiger partial charge in [-0.1, -0.05) is 127 Å². The standard InChI is InChI=1S/C66H47N7/c1-2-11-45(12-3-1)46-19-21-47(22-20-46)61-42-51(64-43-50-13-10-14-52(50)44-71-64)27-32-60(61)59-16-5-4-15-58(59)53-39-54(65-69-35-37-72(65)56-28-23-48(24-29-56)62-17-6-8-33-67-62)41-55(40-53)66-70-36-38-73(66)57-30-25-49(26-31-57)63-18-7-9-34-68-63/h1-9,11-12,15-44H,10,13-14H2. The lowest BCUT2D eigenvalue weighted by Crippen LogP contribution is -2.00. The van der Waals surface area contributed by atoms with E-state index in [4.69, 9.17) is 15.0 Å². The molecule has 1 aliphatic carbocycles. The molecule has 0 bridgehead atoms. The van der Waals surface area contributed by atoms with E-state index in [1.54, 1.807) is 0 Å². The molecule has 0 spiro atoms. The molecule has 7 nitrogen and oxygen atoms in total. The van der Waals surface area contributed by atoms with Crippen molar-refractivity contribution in [2.24, 2.45) is 0 Å². The second kappa shape index (κ2) is 19.0. The van der Waals surface area contributed by atoms with E-state index in [1.165, 1.54) is 28.7 Å². The highest BCUT2D eigenvalue weighted by atomic mass is 15.1. The summed E-state index contributed by atoms with van der Waals surface area (Å²) in [5.41, 5.74) is 21.8. The van der Waals surface area contributed by atoms with E-state index in [2.05, 4.69) is 195 Å². The Balaban J connectivity index is 0.964. The molecule has 0 atom stereocenters. The van der Waals surface area contributed by atoms with Gasteiger partial charge in [-0.05, 0) is 154 Å². The Hall–Kier alpha value is -9.59. The second-order valence-corrected chi connectivity index (χ2v) is 18.5. The van der Waals surface area contributed by atoms with Crippen molar-refractivity contribution in [3.8, 4) is 112 Å². The normalized spacial score (nSPS) is 11.9. The molecule has 7 aromatic carbocycles. The van der Waals surface area contributed by atoms with Gasteiger partial charge in [0.2, 0.25) is 0 Å². The SMILES string of the molecule is c1ccc(-c2ccc(-c3cc(-c4cc5c(cn4)CCC5)ccc3-c3ccccc3-c3cc(-c4nccn4-c4ccc(-c5ccccn5)cc4)cc(-c4nccn4-c4ccc(-c5ccccn5)cc4)c3)cc2)cc1. The first-order valence-corrected chi connectivity index (χ1v) is 24.8. The van der Waals surface area contributed by atoms with E-state index in [0.29, 0.717) is 0 Å². The summed E-state index contributed by atoms with van der Waals surface area (Å²) in [5.74, 6) is 1.63. The third-order valence-corrected chi connectivity index (χ3v) is 14.1. The second-order valence-electron chi connectivity index (χ2n) is 18.5. The first kappa shape index (κ1) is 43.4. The van der Waals surface area contributed by atoms with Crippen LogP contribution in [0.4, 0.5) is 0 Å². The molecule has 13 rings (SSSR count). The Morgan fingerprint density at radius 3 is 1.41 bits per heavy atom. The Bertz CT molecular complexity index is 3760. The zero-order valence-corrected chi connectivity index (χ0v) is 39.9. The smallest absolute Gasteiger partial charge is 0.144 e. The summed E-state index contributed by atoms with van der Waals surface area (Å²) in [6, 6.07) is 73.2. The van der Waals surface area contributed by atoms with Crippen LogP contribution in [0.3, 0.4) is 0 Å². The highest BCUT2D eigenvalue weighted by Crippen LogP contribution is 2.43. The Kier molecular flexibility index (Phi) is 11.3. The molecule has 0 aliphatic heterocycles. The topological polar surface area (TPSA) is 74.3 Å². The zero-order valence-electron chi connectivity index (χ0n) is 39.9. The summed E-state index contributed by atoms with van der Waals surface area (Å²) >= 11 is 0. The van der Waals surface area contributed by atoms with Crippen LogP contribution in [0.25, 0.3) is 112 Å². The number of hydrogen-bond acceptors (Lipinski definition) is 5. The molecule has 7 heteroatoms. The molecule has 5 heterocycles. The number of aromatic nitrogens is 7. The van der Waals surface area contributed by atoms with Gasteiger partial charge in [-0.3, -0.25) is 24.1 Å². The Morgan fingerprint density at radius 2 is 0.795 bits per heavy atom. The maximum Gasteiger partial charge on any atom is 0.144 e. The van der Waals surface area contributed by atoms with Crippen molar-refractivity contribution in [3.05, 3.63) is 261 Å². The first-order chi connectivity index (χ1) is 36.2. The van der Waals surface area contributed by atoms with Crippen molar-refractivity contribution in [1.29, 1.82) is 0 Å². The molecule has 73 heavy (non-hydrogen) atoms. The van der Waals surface area contributed by atoms with Crippen LogP contribution in [0, 0.1) is 0 Å². The molecule has 5 aromatic heterocycles. The maximum absolute atomic E-state index is 5.05. The van der Waals surface area contributed by atoms with E-state index in [0.717, 1.165) is 114 Å². The Morgan fingerprint density at radius 1 is 0.288 bits per heavy atom. The van der Waals surface area contributed by atoms with E-state index >= 15 is 0 Å². The molecule has 12 aromatic rings. The minimum atomic E-state index is 0.814. The summed E-state index contributed by atoms with van der Waals surface area (Å²) in [7, 11) is 0. The maximum atomic E-state index is 5.05. The van der Waals surface area contributed by atoms with Crippen LogP contribution in [0.15, 0.2) is 250 Å². The van der Waals surface area contributed by atoms with Gasteiger partial charge in [0.1, 0.15) is 11.6 Å². The minimum Gasteiger partial charge on any atom is -0.300 e. The minimum absolute atomic E-state index is 0.814. The fourth-order valence-electron chi connectivity index (χ4n) is 10.4. The highest BCUT2D eigenvalue weighted by Gasteiger charge is 2.21. The van der Waals surface area contributed by atoms with Gasteiger partial charge in [0.05, 0.1) is 17.1 Å². The number of aryl methyl sites for hydroxylation is 2. The molecule has 346 valence electrons. The fourth-order valence-corrected chi connectivity index (χ4v) is 10.4. The van der Waals surface area contributed by atoms with Crippen LogP contribution in [0.5, 0.6) is 0 Å². The van der Waals surface area contributed by atoms with E-state index < -0.39 is 0 Å². The number of rotatable bonds is 11. The van der Waals surface area contributed by atoms with Gasteiger partial charge >= 0.3 is 0 Å². The number of fused-ring (bicyclic) bond motifs is 1. The Labute approximate surface area is 424 Å². The van der Waals surface area contributed by atoms with Crippen molar-refractivity contribution < 1.29 is 0 Å². The molecule has 0 fully saturated rings. The lowest BCUT2D eigenvalue weighted by Gasteiger charge is -2.18. The zero-order chi connectivity index (χ0) is 48.5. The van der Waals surface area contributed by atoms with Crippen LogP contribution < -0.4 is 0 Å². The number of pyridine rings is 3. The number of benzene rings is 7. The van der Waals surface area contributed by atoms with Gasteiger partial charge in [-0.15, -0.1) is 0 Å². The monoisotopic (exact) mass is 937 g/mol. The predicted octanol–water partition coefficient (Wildman–Crippen LogP) is 15.7. The molecule has 0 saturated heterocycles. The summed E-state index contributed by atoms with van der Waals surface area (Å²) in [6.45, 7) is 0. The van der Waals surface area contributed by atoms with Gasteiger partial charge in [0.25, 0.3) is 0 Å². The lowest BCUT2D eigenvalue weighted by atomic mass is 9.86. The number of imidazole rings is 2. The third-order valence-electron chi connectivity index (χ3n) is 14.1. The van der Waals surface area contributed by atoms with E-state index in [-0.39, 0.29) is 0 Å². The van der Waals surface area contributed by atoms with Gasteiger partial charge in [0.15, 0.2) is 0 Å². The molecule has 0 amide bonds. The fraction of sp³-hybridized carbons (Fsp3) is 0.0455. The van der Waals surface area contributed by atoms with Crippen LogP contribution in [-0.2, 0) is 12.8 Å². The van der Waals surface area contributed by atoms with E-state index in [9.17, 15) is 0 Å². The molecular weight excluding hydrogens is 891 g/mol. The van der Waals surface area contributed by atoms with Crippen molar-refractivity contribution in [3.63, 3.8) is 0 Å². The average Bonchev–Trinajstić information content (AvgIpc) is 4.29. The lowest BCUT2D eigenvalue weighted by molar-refractivity contribution is 0.911. The molecule has 0 N–H and O–H groups in total.